The van der Waals surface area contributed by atoms with E-state index >= 15 is 0 Å². The van der Waals surface area contributed by atoms with E-state index in [4.69, 9.17) is 10.8 Å². The number of nitrogens with one attached hydrogen (secondary N) is 1. The van der Waals surface area contributed by atoms with Gasteiger partial charge in [0, 0.05) is 6.20 Å². The van der Waals surface area contributed by atoms with Crippen LogP contribution in [0.15, 0.2) is 18.3 Å². The van der Waals surface area contributed by atoms with E-state index in [2.05, 4.69) is 4.98 Å². The van der Waals surface area contributed by atoms with Crippen molar-refractivity contribution in [1.82, 2.24) is 10.3 Å². The van der Waals surface area contributed by atoms with Gasteiger partial charge in [-0.3, -0.25) is 9.78 Å². The summed E-state index contributed by atoms with van der Waals surface area (Å²) in [4.78, 5) is 15.9. The number of carbonyl (C=O) groups is 1. The Balaban J connectivity index is 2.20. The molecular formula is C11H11F2N3O2S. The Hall–Kier alpha value is -1.80. The summed E-state index contributed by atoms with van der Waals surface area (Å²) in [6.07, 6.45) is 1.53. The zero-order valence-corrected chi connectivity index (χ0v) is 10.5. The fraction of sp³-hybridized carbons (Fsp3) is 0.273. The number of nitrogens with zero attached hydrogens (tertiary/aromatic N) is 1. The van der Waals surface area contributed by atoms with Crippen molar-refractivity contribution in [3.8, 4) is 0 Å². The van der Waals surface area contributed by atoms with Crippen LogP contribution in [0.2, 0.25) is 0 Å². The number of pyridine rings is 1. The first kappa shape index (κ1) is 13.6. The molecule has 5 nitrogen and oxygen atoms in total. The number of rotatable bonds is 4. The van der Waals surface area contributed by atoms with E-state index in [0.717, 1.165) is 11.3 Å². The number of nitrogens with two attached hydrogens (primary N) is 1. The highest BCUT2D eigenvalue weighted by Gasteiger charge is 2.29. The Morgan fingerprint density at radius 1 is 1.58 bits per heavy atom. The summed E-state index contributed by atoms with van der Waals surface area (Å²) in [5, 5.41) is 10.5. The molecule has 0 saturated carbocycles. The summed E-state index contributed by atoms with van der Waals surface area (Å²) in [6.45, 7) is -2.26. The smallest absolute Gasteiger partial charge is 0.287 e. The first-order valence-electron chi connectivity index (χ1n) is 5.34. The number of hydrogen-bond acceptors (Lipinski definition) is 5. The van der Waals surface area contributed by atoms with E-state index in [-0.39, 0.29) is 10.6 Å². The molecule has 4 N–H and O–H groups in total. The number of aromatic nitrogens is 1. The number of carbonyl (C=O) groups excluding carboxylic acids is 1. The Morgan fingerprint density at radius 2 is 2.32 bits per heavy atom. The van der Waals surface area contributed by atoms with Crippen LogP contribution in [0.25, 0.3) is 10.2 Å². The lowest BCUT2D eigenvalue weighted by molar-refractivity contribution is -0.0461. The van der Waals surface area contributed by atoms with Crippen LogP contribution >= 0.6 is 11.3 Å². The molecule has 1 amide bonds. The molecule has 8 heteroatoms. The van der Waals surface area contributed by atoms with Gasteiger partial charge >= 0.3 is 0 Å². The van der Waals surface area contributed by atoms with E-state index in [1.807, 2.05) is 5.32 Å². The number of anilines is 1. The van der Waals surface area contributed by atoms with Gasteiger partial charge in [0.25, 0.3) is 11.8 Å². The monoisotopic (exact) mass is 287 g/mol. The van der Waals surface area contributed by atoms with Crippen molar-refractivity contribution in [1.29, 1.82) is 0 Å². The minimum absolute atomic E-state index is 0.141. The molecule has 2 rings (SSSR count). The van der Waals surface area contributed by atoms with Gasteiger partial charge < -0.3 is 16.2 Å². The zero-order valence-electron chi connectivity index (χ0n) is 9.69. The highest BCUT2D eigenvalue weighted by atomic mass is 32.1. The van der Waals surface area contributed by atoms with E-state index in [9.17, 15) is 13.6 Å². The van der Waals surface area contributed by atoms with E-state index in [0.29, 0.717) is 10.2 Å². The van der Waals surface area contributed by atoms with Gasteiger partial charge in [0.05, 0.1) is 16.9 Å². The van der Waals surface area contributed by atoms with Crippen molar-refractivity contribution in [3.05, 3.63) is 23.2 Å². The van der Waals surface area contributed by atoms with Crippen LogP contribution < -0.4 is 11.1 Å². The summed E-state index contributed by atoms with van der Waals surface area (Å²) in [6, 6.07) is 3.43. The fourth-order valence-electron chi connectivity index (χ4n) is 1.46. The van der Waals surface area contributed by atoms with Gasteiger partial charge in [-0.2, -0.15) is 0 Å². The first-order chi connectivity index (χ1) is 8.94. The molecule has 0 aliphatic heterocycles. The van der Waals surface area contributed by atoms with Crippen molar-refractivity contribution >= 4 is 33.1 Å². The van der Waals surface area contributed by atoms with Crippen LogP contribution in [0.3, 0.4) is 0 Å². The molecule has 0 aromatic carbocycles. The standard InChI is InChI=1S/C11H11F2N3O2S/c12-11(13,5-17)4-16-10(18)9-7(14)8-6(19-9)2-1-3-15-8/h1-3,17H,4-5,14H2,(H,16,18). The molecule has 0 bridgehead atoms. The second-order valence-corrected chi connectivity index (χ2v) is 4.94. The summed E-state index contributed by atoms with van der Waals surface area (Å²) >= 11 is 1.08. The molecule has 19 heavy (non-hydrogen) atoms. The lowest BCUT2D eigenvalue weighted by Crippen LogP contribution is -2.38. The van der Waals surface area contributed by atoms with Gasteiger partial charge in [-0.05, 0) is 12.1 Å². The number of alkyl halides is 2. The third kappa shape index (κ3) is 2.79. The van der Waals surface area contributed by atoms with Gasteiger partial charge in [0.2, 0.25) is 0 Å². The number of halogens is 2. The molecular weight excluding hydrogens is 276 g/mol. The van der Waals surface area contributed by atoms with Crippen molar-refractivity contribution in [2.75, 3.05) is 18.9 Å². The number of aliphatic hydroxyl groups is 1. The maximum Gasteiger partial charge on any atom is 0.287 e. The summed E-state index contributed by atoms with van der Waals surface area (Å²) < 4.78 is 26.4. The van der Waals surface area contributed by atoms with Crippen molar-refractivity contribution in [3.63, 3.8) is 0 Å². The van der Waals surface area contributed by atoms with Gasteiger partial charge in [-0.25, -0.2) is 8.78 Å². The molecule has 0 radical (unpaired) electrons. The predicted molar refractivity (Wildman–Crippen MR) is 68.4 cm³/mol. The molecule has 0 aliphatic carbocycles. The molecule has 2 heterocycles. The lowest BCUT2D eigenvalue weighted by atomic mass is 10.3. The summed E-state index contributed by atoms with van der Waals surface area (Å²) in [5.74, 6) is -4.05. The average Bonchev–Trinajstić information content (AvgIpc) is 2.74. The number of nitrogen functional groups attached to an aromatic ring is 1. The van der Waals surface area contributed by atoms with Gasteiger partial charge in [-0.1, -0.05) is 0 Å². The maximum atomic E-state index is 12.8. The average molecular weight is 287 g/mol. The van der Waals surface area contributed by atoms with E-state index < -0.39 is 25.0 Å². The Labute approximate surface area is 111 Å². The van der Waals surface area contributed by atoms with Crippen LogP contribution in [0.5, 0.6) is 0 Å². The maximum absolute atomic E-state index is 12.8. The molecule has 0 fully saturated rings. The number of amides is 1. The number of hydrogen-bond donors (Lipinski definition) is 3. The second kappa shape index (κ2) is 5.06. The molecule has 0 spiro atoms. The normalized spacial score (nSPS) is 11.7. The van der Waals surface area contributed by atoms with Crippen molar-refractivity contribution in [2.24, 2.45) is 0 Å². The summed E-state index contributed by atoms with van der Waals surface area (Å²) in [7, 11) is 0. The predicted octanol–water partition coefficient (Wildman–Crippen LogP) is 1.24. The Kier molecular flexibility index (Phi) is 3.63. The minimum atomic E-state index is -3.35. The van der Waals surface area contributed by atoms with Crippen molar-refractivity contribution < 1.29 is 18.7 Å². The van der Waals surface area contributed by atoms with Crippen molar-refractivity contribution in [2.45, 2.75) is 5.92 Å². The Bertz CT molecular complexity index is 615. The second-order valence-electron chi connectivity index (χ2n) is 3.89. The minimum Gasteiger partial charge on any atom is -0.396 e. The number of fused-ring (bicyclic) bond motifs is 1. The first-order valence-corrected chi connectivity index (χ1v) is 6.16. The van der Waals surface area contributed by atoms with Gasteiger partial charge in [0.15, 0.2) is 0 Å². The van der Waals surface area contributed by atoms with E-state index in [1.165, 1.54) is 6.20 Å². The fourth-order valence-corrected chi connectivity index (χ4v) is 2.46. The third-order valence-corrected chi connectivity index (χ3v) is 3.59. The molecule has 0 atom stereocenters. The highest BCUT2D eigenvalue weighted by molar-refractivity contribution is 7.21. The van der Waals surface area contributed by atoms with Crippen LogP contribution in [-0.2, 0) is 0 Å². The number of thiophene rings is 1. The molecule has 0 unspecified atom stereocenters. The molecule has 0 aliphatic rings. The largest absolute Gasteiger partial charge is 0.396 e. The quantitative estimate of drug-likeness (QED) is 0.789. The summed E-state index contributed by atoms with van der Waals surface area (Å²) in [5.41, 5.74) is 6.41. The van der Waals surface area contributed by atoms with Gasteiger partial charge in [0.1, 0.15) is 17.0 Å². The van der Waals surface area contributed by atoms with Crippen LogP contribution in [0.4, 0.5) is 14.5 Å². The third-order valence-electron chi connectivity index (χ3n) is 2.43. The van der Waals surface area contributed by atoms with Gasteiger partial charge in [-0.15, -0.1) is 11.3 Å². The molecule has 102 valence electrons. The zero-order chi connectivity index (χ0) is 14.0. The SMILES string of the molecule is Nc1c(C(=O)NCC(F)(F)CO)sc2cccnc12. The van der Waals surface area contributed by atoms with Crippen LogP contribution in [-0.4, -0.2) is 35.1 Å². The number of aliphatic hydroxyl groups excluding tert-OH is 1. The Morgan fingerprint density at radius 3 is 2.95 bits per heavy atom. The highest BCUT2D eigenvalue weighted by Crippen LogP contribution is 2.31. The molecule has 2 aromatic heterocycles. The van der Waals surface area contributed by atoms with Crippen LogP contribution in [0, 0.1) is 0 Å². The molecule has 2 aromatic rings. The lowest BCUT2D eigenvalue weighted by Gasteiger charge is -2.13. The topological polar surface area (TPSA) is 88.2 Å². The molecule has 0 saturated heterocycles. The van der Waals surface area contributed by atoms with E-state index in [1.54, 1.807) is 12.1 Å². The van der Waals surface area contributed by atoms with Crippen LogP contribution in [0.1, 0.15) is 9.67 Å².